The molecule has 0 aliphatic rings. The fraction of sp³-hybridized carbons (Fsp3) is 0.286. The van der Waals surface area contributed by atoms with E-state index in [4.69, 9.17) is 5.11 Å². The van der Waals surface area contributed by atoms with Crippen molar-refractivity contribution in [3.8, 4) is 0 Å². The van der Waals surface area contributed by atoms with Gasteiger partial charge in [-0.1, -0.05) is 6.07 Å². The van der Waals surface area contributed by atoms with Gasteiger partial charge in [0.05, 0.1) is 0 Å². The first-order chi connectivity index (χ1) is 5.74. The molecule has 66 valence electrons. The Bertz CT molecular complexity index is 250. The predicted octanol–water partition coefficient (Wildman–Crippen LogP) is 1.68. The van der Waals surface area contributed by atoms with E-state index in [1.165, 1.54) is 0 Å². The van der Waals surface area contributed by atoms with Crippen LogP contribution in [0, 0.1) is 0 Å². The van der Waals surface area contributed by atoms with Gasteiger partial charge in [-0.15, -0.1) is 11.3 Å². The first-order valence-electron chi connectivity index (χ1n) is 3.35. The summed E-state index contributed by atoms with van der Waals surface area (Å²) in [4.78, 5) is 11.7. The lowest BCUT2D eigenvalue weighted by molar-refractivity contribution is -0.138. The minimum absolute atomic E-state index is 0.482. The SMILES string of the molecule is O=C(O)[C@H](Cc1cccs1)NI. The van der Waals surface area contributed by atoms with Crippen LogP contribution in [0.5, 0.6) is 0 Å². The first kappa shape index (κ1) is 9.94. The Morgan fingerprint density at radius 2 is 2.58 bits per heavy atom. The van der Waals surface area contributed by atoms with Gasteiger partial charge in [0.2, 0.25) is 0 Å². The molecule has 2 N–H and O–H groups in total. The molecule has 1 aromatic heterocycles. The molecule has 0 fully saturated rings. The van der Waals surface area contributed by atoms with Crippen molar-refractivity contribution >= 4 is 40.2 Å². The second kappa shape index (κ2) is 4.78. The monoisotopic (exact) mass is 297 g/mol. The van der Waals surface area contributed by atoms with E-state index in [9.17, 15) is 4.79 Å². The molecule has 0 aliphatic carbocycles. The Morgan fingerprint density at radius 3 is 3.00 bits per heavy atom. The smallest absolute Gasteiger partial charge is 0.321 e. The molecule has 0 bridgehead atoms. The number of carboxylic acid groups (broad SMARTS) is 1. The van der Waals surface area contributed by atoms with Gasteiger partial charge in [0.1, 0.15) is 6.04 Å². The number of aliphatic carboxylic acids is 1. The van der Waals surface area contributed by atoms with Crippen molar-refractivity contribution < 1.29 is 9.90 Å². The highest BCUT2D eigenvalue weighted by molar-refractivity contribution is 14.1. The number of nitrogens with one attached hydrogen (secondary N) is 1. The van der Waals surface area contributed by atoms with Crippen LogP contribution in [-0.2, 0) is 11.2 Å². The van der Waals surface area contributed by atoms with Crippen molar-refractivity contribution in [3.05, 3.63) is 22.4 Å². The van der Waals surface area contributed by atoms with Crippen molar-refractivity contribution in [2.45, 2.75) is 12.5 Å². The van der Waals surface area contributed by atoms with Crippen LogP contribution in [0.4, 0.5) is 0 Å². The molecule has 0 radical (unpaired) electrons. The molecule has 0 unspecified atom stereocenters. The molecule has 0 saturated heterocycles. The van der Waals surface area contributed by atoms with Gasteiger partial charge in [-0.05, 0) is 11.4 Å². The molecule has 0 amide bonds. The van der Waals surface area contributed by atoms with Gasteiger partial charge in [-0.3, -0.25) is 4.79 Å². The highest BCUT2D eigenvalue weighted by atomic mass is 127. The van der Waals surface area contributed by atoms with E-state index in [1.807, 2.05) is 40.4 Å². The Morgan fingerprint density at radius 1 is 1.83 bits per heavy atom. The maximum atomic E-state index is 10.6. The molecule has 1 heterocycles. The molecule has 1 atom stereocenters. The molecule has 12 heavy (non-hydrogen) atoms. The standard InChI is InChI=1S/C7H8INO2S/c8-9-6(7(10)11)4-5-2-1-3-12-5/h1-3,6,9H,4H2,(H,10,11)/t6-/m0/s1. The molecule has 1 aromatic rings. The van der Waals surface area contributed by atoms with E-state index in [-0.39, 0.29) is 0 Å². The van der Waals surface area contributed by atoms with Gasteiger partial charge in [-0.2, -0.15) is 0 Å². The Kier molecular flexibility index (Phi) is 3.96. The van der Waals surface area contributed by atoms with Crippen molar-refractivity contribution in [2.24, 2.45) is 0 Å². The summed E-state index contributed by atoms with van der Waals surface area (Å²) in [7, 11) is 0. The quantitative estimate of drug-likeness (QED) is 0.657. The summed E-state index contributed by atoms with van der Waals surface area (Å²) in [6.45, 7) is 0. The lowest BCUT2D eigenvalue weighted by atomic mass is 10.2. The molecule has 0 aromatic carbocycles. The van der Waals surface area contributed by atoms with Gasteiger partial charge in [0.25, 0.3) is 0 Å². The van der Waals surface area contributed by atoms with E-state index in [1.54, 1.807) is 11.3 Å². The van der Waals surface area contributed by atoms with E-state index in [2.05, 4.69) is 3.53 Å². The molecular weight excluding hydrogens is 289 g/mol. The van der Waals surface area contributed by atoms with E-state index < -0.39 is 12.0 Å². The number of hydrogen-bond donors (Lipinski definition) is 2. The zero-order chi connectivity index (χ0) is 8.97. The summed E-state index contributed by atoms with van der Waals surface area (Å²) in [5.74, 6) is -0.808. The van der Waals surface area contributed by atoms with Crippen LogP contribution >= 0.6 is 34.2 Å². The maximum absolute atomic E-state index is 10.6. The molecule has 5 heteroatoms. The van der Waals surface area contributed by atoms with Crippen LogP contribution in [0.25, 0.3) is 0 Å². The molecule has 0 spiro atoms. The van der Waals surface area contributed by atoms with Gasteiger partial charge >= 0.3 is 5.97 Å². The molecule has 1 rings (SSSR count). The topological polar surface area (TPSA) is 49.3 Å². The Hall–Kier alpha value is -0.140. The predicted molar refractivity (Wildman–Crippen MR) is 56.6 cm³/mol. The van der Waals surface area contributed by atoms with Gasteiger partial charge in [0.15, 0.2) is 0 Å². The van der Waals surface area contributed by atoms with Crippen LogP contribution < -0.4 is 3.53 Å². The third-order valence-electron chi connectivity index (χ3n) is 1.42. The lowest BCUT2D eigenvalue weighted by Gasteiger charge is -2.07. The number of rotatable bonds is 4. The summed E-state index contributed by atoms with van der Waals surface area (Å²) in [6.07, 6.45) is 0.552. The van der Waals surface area contributed by atoms with Gasteiger partial charge in [0, 0.05) is 34.2 Å². The largest absolute Gasteiger partial charge is 0.480 e. The van der Waals surface area contributed by atoms with E-state index in [0.29, 0.717) is 6.42 Å². The number of hydrogen-bond acceptors (Lipinski definition) is 3. The van der Waals surface area contributed by atoms with Crippen molar-refractivity contribution in [1.29, 1.82) is 0 Å². The zero-order valence-corrected chi connectivity index (χ0v) is 9.13. The fourth-order valence-corrected chi connectivity index (χ4v) is 2.04. The van der Waals surface area contributed by atoms with E-state index >= 15 is 0 Å². The van der Waals surface area contributed by atoms with Crippen LogP contribution in [0.3, 0.4) is 0 Å². The van der Waals surface area contributed by atoms with Crippen LogP contribution in [-0.4, -0.2) is 17.1 Å². The average Bonchev–Trinajstić information content (AvgIpc) is 2.51. The second-order valence-corrected chi connectivity index (χ2v) is 3.94. The molecule has 3 nitrogen and oxygen atoms in total. The summed E-state index contributed by atoms with van der Waals surface area (Å²) in [5, 5.41) is 10.7. The highest BCUT2D eigenvalue weighted by Gasteiger charge is 2.15. The lowest BCUT2D eigenvalue weighted by Crippen LogP contribution is -2.31. The van der Waals surface area contributed by atoms with Gasteiger partial charge < -0.3 is 5.11 Å². The molecule has 0 saturated carbocycles. The summed E-state index contributed by atoms with van der Waals surface area (Å²) >= 11 is 3.44. The Balaban J connectivity index is 2.54. The minimum atomic E-state index is -0.808. The number of thiophene rings is 1. The number of carbonyl (C=O) groups is 1. The van der Waals surface area contributed by atoms with Gasteiger partial charge in [-0.25, -0.2) is 3.53 Å². The highest BCUT2D eigenvalue weighted by Crippen LogP contribution is 2.11. The number of halogens is 1. The third kappa shape index (κ3) is 2.72. The fourth-order valence-electron chi connectivity index (χ4n) is 0.802. The minimum Gasteiger partial charge on any atom is -0.480 e. The van der Waals surface area contributed by atoms with Crippen molar-refractivity contribution in [3.63, 3.8) is 0 Å². The second-order valence-electron chi connectivity index (χ2n) is 2.28. The first-order valence-corrected chi connectivity index (χ1v) is 5.31. The van der Waals surface area contributed by atoms with Crippen LogP contribution in [0.15, 0.2) is 17.5 Å². The van der Waals surface area contributed by atoms with Crippen LogP contribution in [0.1, 0.15) is 4.88 Å². The summed E-state index contributed by atoms with van der Waals surface area (Å²) < 4.78 is 2.72. The maximum Gasteiger partial charge on any atom is 0.321 e. The molecule has 0 aliphatic heterocycles. The van der Waals surface area contributed by atoms with Crippen molar-refractivity contribution in [1.82, 2.24) is 3.53 Å². The number of carboxylic acids is 1. The summed E-state index contributed by atoms with van der Waals surface area (Å²) in [6, 6.07) is 3.38. The molecular formula is C7H8INO2S. The normalized spacial score (nSPS) is 12.8. The zero-order valence-electron chi connectivity index (χ0n) is 6.16. The van der Waals surface area contributed by atoms with E-state index in [0.717, 1.165) is 4.88 Å². The summed E-state index contributed by atoms with van der Waals surface area (Å²) in [5.41, 5.74) is 0. The van der Waals surface area contributed by atoms with Crippen molar-refractivity contribution in [2.75, 3.05) is 0 Å². The average molecular weight is 297 g/mol. The van der Waals surface area contributed by atoms with Crippen LogP contribution in [0.2, 0.25) is 0 Å². The Labute approximate surface area is 88.3 Å². The third-order valence-corrected chi connectivity index (χ3v) is 3.07.